The zero-order chi connectivity index (χ0) is 18.8. The van der Waals surface area contributed by atoms with Gasteiger partial charge in [0.1, 0.15) is 24.0 Å². The lowest BCUT2D eigenvalue weighted by molar-refractivity contribution is -0.274. The zero-order valence-corrected chi connectivity index (χ0v) is 13.6. The number of alkyl halides is 3. The van der Waals surface area contributed by atoms with Crippen molar-refractivity contribution in [2.24, 2.45) is 0 Å². The van der Waals surface area contributed by atoms with E-state index in [2.05, 4.69) is 25.1 Å². The molecular weight excluding hydrogens is 353 g/mol. The summed E-state index contributed by atoms with van der Waals surface area (Å²) in [6.45, 7) is 1.72. The lowest BCUT2D eigenvalue weighted by Crippen LogP contribution is -2.40. The molecule has 8 nitrogen and oxygen atoms in total. The topological polar surface area (TPSA) is 90.9 Å². The molecule has 0 radical (unpaired) electrons. The molecule has 0 saturated carbocycles. The van der Waals surface area contributed by atoms with Crippen LogP contribution in [0.15, 0.2) is 49.3 Å². The fourth-order valence-corrected chi connectivity index (χ4v) is 2.61. The number of benzene rings is 1. The highest BCUT2D eigenvalue weighted by atomic mass is 19.4. The van der Waals surface area contributed by atoms with Gasteiger partial charge in [0, 0.05) is 6.20 Å². The second-order valence-electron chi connectivity index (χ2n) is 5.65. The third kappa shape index (κ3) is 3.82. The van der Waals surface area contributed by atoms with Gasteiger partial charge in [-0.25, -0.2) is 14.3 Å². The summed E-state index contributed by atoms with van der Waals surface area (Å²) in [7, 11) is 0. The van der Waals surface area contributed by atoms with Crippen molar-refractivity contribution in [2.75, 3.05) is 0 Å². The maximum absolute atomic E-state index is 12.3. The zero-order valence-electron chi connectivity index (χ0n) is 13.6. The number of ether oxygens (including phenoxy) is 1. The minimum Gasteiger partial charge on any atom is -0.406 e. The van der Waals surface area contributed by atoms with Gasteiger partial charge in [-0.2, -0.15) is 5.10 Å². The normalized spacial score (nSPS) is 15.4. The molecule has 0 amide bonds. The van der Waals surface area contributed by atoms with Crippen LogP contribution < -0.4 is 4.74 Å². The van der Waals surface area contributed by atoms with E-state index in [0.717, 1.165) is 12.1 Å². The fourth-order valence-electron chi connectivity index (χ4n) is 2.61. The summed E-state index contributed by atoms with van der Waals surface area (Å²) in [5.74, 6) is -0.377. The van der Waals surface area contributed by atoms with Crippen LogP contribution in [-0.2, 0) is 12.1 Å². The highest BCUT2D eigenvalue weighted by Crippen LogP contribution is 2.35. The lowest BCUT2D eigenvalue weighted by Gasteiger charge is -2.34. The summed E-state index contributed by atoms with van der Waals surface area (Å²) in [4.78, 5) is 3.84. The van der Waals surface area contributed by atoms with Gasteiger partial charge in [0.15, 0.2) is 0 Å². The molecule has 1 aromatic carbocycles. The van der Waals surface area contributed by atoms with Crippen molar-refractivity contribution in [3.05, 3.63) is 54.9 Å². The number of aliphatic hydroxyl groups is 1. The quantitative estimate of drug-likeness (QED) is 0.715. The first-order valence-corrected chi connectivity index (χ1v) is 7.55. The van der Waals surface area contributed by atoms with Crippen LogP contribution in [0.1, 0.15) is 18.5 Å². The van der Waals surface area contributed by atoms with Gasteiger partial charge in [0.05, 0.1) is 18.8 Å². The average molecular weight is 368 g/mol. The molecule has 2 heterocycles. The maximum Gasteiger partial charge on any atom is 0.573 e. The third-order valence-corrected chi connectivity index (χ3v) is 3.99. The second-order valence-corrected chi connectivity index (χ2v) is 5.65. The van der Waals surface area contributed by atoms with Crippen molar-refractivity contribution in [1.29, 1.82) is 0 Å². The molecule has 2 aromatic heterocycles. The van der Waals surface area contributed by atoms with Gasteiger partial charge in [-0.3, -0.25) is 0 Å². The molecule has 0 bridgehead atoms. The Morgan fingerprint density at radius 3 is 2.50 bits per heavy atom. The van der Waals surface area contributed by atoms with E-state index in [-0.39, 0.29) is 12.3 Å². The molecule has 3 rings (SSSR count). The lowest BCUT2D eigenvalue weighted by atomic mass is 9.87. The number of hydrogen-bond donors (Lipinski definition) is 1. The van der Waals surface area contributed by atoms with E-state index in [9.17, 15) is 18.3 Å². The average Bonchev–Trinajstić information content (AvgIpc) is 3.26. The standard InChI is InChI=1S/C15H15F3N6O2/c1-11(24-7-6-20-22-24)14(25,8-23-10-19-9-21-23)12-2-4-13(5-3-12)26-15(16,17)18/h2-7,9-11,25H,8H2,1H3/t11-,14-/m1/s1. The predicted octanol–water partition coefficient (Wildman–Crippen LogP) is 1.92. The monoisotopic (exact) mass is 368 g/mol. The Morgan fingerprint density at radius 1 is 1.23 bits per heavy atom. The summed E-state index contributed by atoms with van der Waals surface area (Å²) >= 11 is 0. The number of rotatable bonds is 6. The predicted molar refractivity (Wildman–Crippen MR) is 81.8 cm³/mol. The number of hydrogen-bond acceptors (Lipinski definition) is 6. The van der Waals surface area contributed by atoms with E-state index in [4.69, 9.17) is 0 Å². The smallest absolute Gasteiger partial charge is 0.406 e. The van der Waals surface area contributed by atoms with Crippen LogP contribution in [0, 0.1) is 0 Å². The Kier molecular flexibility index (Phi) is 4.64. The van der Waals surface area contributed by atoms with Crippen LogP contribution >= 0.6 is 0 Å². The van der Waals surface area contributed by atoms with Gasteiger partial charge in [-0.05, 0) is 24.6 Å². The van der Waals surface area contributed by atoms with Crippen molar-refractivity contribution >= 4 is 0 Å². The van der Waals surface area contributed by atoms with Crippen LogP contribution in [0.3, 0.4) is 0 Å². The Bertz CT molecular complexity index is 820. The molecule has 0 aliphatic heterocycles. The highest BCUT2D eigenvalue weighted by molar-refractivity contribution is 5.31. The molecule has 0 aliphatic carbocycles. The number of aromatic nitrogens is 6. The number of nitrogens with zero attached hydrogens (tertiary/aromatic N) is 6. The molecule has 0 unspecified atom stereocenters. The Balaban J connectivity index is 1.95. The minimum atomic E-state index is -4.79. The van der Waals surface area contributed by atoms with Crippen LogP contribution in [0.4, 0.5) is 13.2 Å². The van der Waals surface area contributed by atoms with Gasteiger partial charge in [0.2, 0.25) is 0 Å². The minimum absolute atomic E-state index is 0.00744. The maximum atomic E-state index is 12.3. The van der Waals surface area contributed by atoms with E-state index >= 15 is 0 Å². The first-order valence-electron chi connectivity index (χ1n) is 7.55. The van der Waals surface area contributed by atoms with Gasteiger partial charge in [-0.1, -0.05) is 17.3 Å². The van der Waals surface area contributed by atoms with Gasteiger partial charge in [0.25, 0.3) is 0 Å². The highest BCUT2D eigenvalue weighted by Gasteiger charge is 2.39. The van der Waals surface area contributed by atoms with Gasteiger partial charge >= 0.3 is 6.36 Å². The van der Waals surface area contributed by atoms with Gasteiger partial charge in [-0.15, -0.1) is 18.3 Å². The molecule has 0 fully saturated rings. The van der Waals surface area contributed by atoms with Crippen molar-refractivity contribution in [3.63, 3.8) is 0 Å². The van der Waals surface area contributed by atoms with Crippen molar-refractivity contribution < 1.29 is 23.0 Å². The first kappa shape index (κ1) is 17.9. The largest absolute Gasteiger partial charge is 0.573 e. The second kappa shape index (κ2) is 6.75. The molecule has 0 aliphatic rings. The summed E-state index contributed by atoms with van der Waals surface area (Å²) in [6, 6.07) is 4.42. The molecule has 0 spiro atoms. The molecule has 26 heavy (non-hydrogen) atoms. The Hall–Kier alpha value is -2.95. The van der Waals surface area contributed by atoms with Crippen molar-refractivity contribution in [3.8, 4) is 5.75 Å². The molecule has 3 aromatic rings. The van der Waals surface area contributed by atoms with E-state index in [1.54, 1.807) is 13.1 Å². The molecule has 1 N–H and O–H groups in total. The van der Waals surface area contributed by atoms with Gasteiger partial charge < -0.3 is 9.84 Å². The number of halogens is 3. The fraction of sp³-hybridized carbons (Fsp3) is 0.333. The third-order valence-electron chi connectivity index (χ3n) is 3.99. The first-order chi connectivity index (χ1) is 12.3. The van der Waals surface area contributed by atoms with Crippen LogP contribution in [0.2, 0.25) is 0 Å². The Morgan fingerprint density at radius 2 is 1.96 bits per heavy atom. The SMILES string of the molecule is C[C@@H](n1ccnn1)[C@](O)(Cn1cncn1)c1ccc(OC(F)(F)F)cc1. The van der Waals surface area contributed by atoms with E-state index in [1.807, 2.05) is 0 Å². The summed E-state index contributed by atoms with van der Waals surface area (Å²) in [5.41, 5.74) is -1.18. The van der Waals surface area contributed by atoms with Crippen molar-refractivity contribution in [1.82, 2.24) is 29.8 Å². The van der Waals surface area contributed by atoms with Crippen LogP contribution in [0.25, 0.3) is 0 Å². The van der Waals surface area contributed by atoms with E-state index in [1.165, 1.54) is 40.3 Å². The van der Waals surface area contributed by atoms with Crippen molar-refractivity contribution in [2.45, 2.75) is 31.5 Å². The summed E-state index contributed by atoms with van der Waals surface area (Å²) in [6.07, 6.45) is 1.01. The summed E-state index contributed by atoms with van der Waals surface area (Å²) < 4.78 is 43.8. The van der Waals surface area contributed by atoms with Crippen LogP contribution in [-0.4, -0.2) is 41.2 Å². The molecule has 11 heteroatoms. The summed E-state index contributed by atoms with van der Waals surface area (Å²) in [5, 5.41) is 23.0. The molecular formula is C15H15F3N6O2. The van der Waals surface area contributed by atoms with Crippen LogP contribution in [0.5, 0.6) is 5.75 Å². The molecule has 0 saturated heterocycles. The molecule has 2 atom stereocenters. The Labute approximate surface area is 145 Å². The van der Waals surface area contributed by atoms with E-state index < -0.39 is 18.0 Å². The van der Waals surface area contributed by atoms with E-state index in [0.29, 0.717) is 5.56 Å². The molecule has 138 valence electrons.